The molecule has 0 aromatic rings. The van der Waals surface area contributed by atoms with Gasteiger partial charge in [-0.25, -0.2) is 0 Å². The Morgan fingerprint density at radius 2 is 1.70 bits per heavy atom. The second-order valence-corrected chi connectivity index (χ2v) is 5.79. The normalized spacial score (nSPS) is 17.4. The molecule has 0 radical (unpaired) electrons. The SMILES string of the molecule is CC(C)[C@H](N)C(=O)NCC(=O)NCC(C)N1CCOCC1.Cl.Cl. The molecule has 2 amide bonds. The molecule has 0 bridgehead atoms. The molecule has 0 aromatic heterocycles. The lowest BCUT2D eigenvalue weighted by Gasteiger charge is -2.32. The number of nitrogens with one attached hydrogen (secondary N) is 2. The van der Waals surface area contributed by atoms with Crippen LogP contribution in [-0.2, 0) is 14.3 Å². The smallest absolute Gasteiger partial charge is 0.239 e. The van der Waals surface area contributed by atoms with Crippen LogP contribution in [0.2, 0.25) is 0 Å². The van der Waals surface area contributed by atoms with E-state index in [0.717, 1.165) is 26.3 Å². The Kier molecular flexibility index (Phi) is 13.7. The van der Waals surface area contributed by atoms with Crippen molar-refractivity contribution in [1.82, 2.24) is 15.5 Å². The molecule has 0 spiro atoms. The summed E-state index contributed by atoms with van der Waals surface area (Å²) >= 11 is 0. The van der Waals surface area contributed by atoms with Crippen molar-refractivity contribution in [2.45, 2.75) is 32.9 Å². The standard InChI is InChI=1S/C14H28N4O3.2ClH/c1-10(2)13(15)14(20)17-9-12(19)16-8-11(3)18-4-6-21-7-5-18;;/h10-11,13H,4-9,15H2,1-3H3,(H,16,19)(H,17,20);2*1H/t11?,13-;;/m0../s1. The predicted molar refractivity (Wildman–Crippen MR) is 95.2 cm³/mol. The molecule has 0 saturated carbocycles. The molecule has 1 fully saturated rings. The zero-order valence-electron chi connectivity index (χ0n) is 14.0. The summed E-state index contributed by atoms with van der Waals surface area (Å²) in [5.74, 6) is -0.435. The van der Waals surface area contributed by atoms with Gasteiger partial charge in [0, 0.05) is 25.7 Å². The van der Waals surface area contributed by atoms with Gasteiger partial charge in [0.15, 0.2) is 0 Å². The summed E-state index contributed by atoms with van der Waals surface area (Å²) in [6.45, 7) is 9.58. The maximum absolute atomic E-state index is 11.7. The van der Waals surface area contributed by atoms with Crippen molar-refractivity contribution < 1.29 is 14.3 Å². The highest BCUT2D eigenvalue weighted by molar-refractivity contribution is 5.87. The quantitative estimate of drug-likeness (QED) is 0.573. The average molecular weight is 373 g/mol. The van der Waals surface area contributed by atoms with E-state index in [4.69, 9.17) is 10.5 Å². The van der Waals surface area contributed by atoms with Gasteiger partial charge < -0.3 is 21.1 Å². The van der Waals surface area contributed by atoms with Crippen LogP contribution in [0.5, 0.6) is 0 Å². The van der Waals surface area contributed by atoms with E-state index in [2.05, 4.69) is 22.5 Å². The maximum atomic E-state index is 11.7. The third kappa shape index (κ3) is 9.32. The van der Waals surface area contributed by atoms with E-state index in [1.165, 1.54) is 0 Å². The lowest BCUT2D eigenvalue weighted by atomic mass is 10.1. The largest absolute Gasteiger partial charge is 0.379 e. The number of nitrogens with zero attached hydrogens (tertiary/aromatic N) is 1. The molecule has 2 atom stereocenters. The van der Waals surface area contributed by atoms with Gasteiger partial charge in [-0.15, -0.1) is 24.8 Å². The van der Waals surface area contributed by atoms with Gasteiger partial charge >= 0.3 is 0 Å². The van der Waals surface area contributed by atoms with E-state index in [-0.39, 0.29) is 55.1 Å². The van der Waals surface area contributed by atoms with Crippen LogP contribution >= 0.6 is 24.8 Å². The Bertz CT molecular complexity index is 353. The van der Waals surface area contributed by atoms with Gasteiger partial charge in [-0.2, -0.15) is 0 Å². The van der Waals surface area contributed by atoms with Crippen molar-refractivity contribution in [3.05, 3.63) is 0 Å². The van der Waals surface area contributed by atoms with Gasteiger partial charge in [0.05, 0.1) is 25.8 Å². The van der Waals surface area contributed by atoms with Crippen LogP contribution in [0.1, 0.15) is 20.8 Å². The van der Waals surface area contributed by atoms with Crippen molar-refractivity contribution in [3.8, 4) is 0 Å². The number of ether oxygens (including phenoxy) is 1. The third-order valence-corrected chi connectivity index (χ3v) is 3.71. The molecule has 1 unspecified atom stereocenters. The van der Waals surface area contributed by atoms with E-state index in [9.17, 15) is 9.59 Å². The van der Waals surface area contributed by atoms with Gasteiger partial charge in [-0.1, -0.05) is 13.8 Å². The molecule has 1 rings (SSSR count). The zero-order chi connectivity index (χ0) is 15.8. The van der Waals surface area contributed by atoms with Crippen LogP contribution in [0.25, 0.3) is 0 Å². The lowest BCUT2D eigenvalue weighted by molar-refractivity contribution is -0.127. The van der Waals surface area contributed by atoms with Gasteiger partial charge in [-0.3, -0.25) is 14.5 Å². The summed E-state index contributed by atoms with van der Waals surface area (Å²) in [4.78, 5) is 25.6. The minimum Gasteiger partial charge on any atom is -0.379 e. The molecule has 9 heteroatoms. The number of rotatable bonds is 7. The number of hydrogen-bond acceptors (Lipinski definition) is 5. The van der Waals surface area contributed by atoms with Crippen LogP contribution in [0.3, 0.4) is 0 Å². The minimum atomic E-state index is -0.579. The van der Waals surface area contributed by atoms with Gasteiger partial charge in [-0.05, 0) is 12.8 Å². The van der Waals surface area contributed by atoms with Crippen LogP contribution < -0.4 is 16.4 Å². The molecule has 23 heavy (non-hydrogen) atoms. The Labute approximate surface area is 150 Å². The summed E-state index contributed by atoms with van der Waals surface area (Å²) < 4.78 is 5.29. The van der Waals surface area contributed by atoms with Crippen LogP contribution in [0.4, 0.5) is 0 Å². The Hall–Kier alpha value is -0.600. The zero-order valence-corrected chi connectivity index (χ0v) is 15.7. The molecule has 1 aliphatic heterocycles. The Morgan fingerprint density at radius 3 is 2.22 bits per heavy atom. The second kappa shape index (κ2) is 12.8. The molecule has 0 aliphatic carbocycles. The summed E-state index contributed by atoms with van der Waals surface area (Å²) in [6.07, 6.45) is 0. The minimum absolute atomic E-state index is 0. The number of morpholine rings is 1. The monoisotopic (exact) mass is 372 g/mol. The fraction of sp³-hybridized carbons (Fsp3) is 0.857. The van der Waals surface area contributed by atoms with Crippen LogP contribution in [0.15, 0.2) is 0 Å². The van der Waals surface area contributed by atoms with E-state index in [1.54, 1.807) is 0 Å². The Morgan fingerprint density at radius 1 is 1.13 bits per heavy atom. The van der Waals surface area contributed by atoms with Crippen molar-refractivity contribution in [3.63, 3.8) is 0 Å². The fourth-order valence-electron chi connectivity index (χ4n) is 2.06. The first-order valence-corrected chi connectivity index (χ1v) is 7.53. The van der Waals surface area contributed by atoms with Crippen molar-refractivity contribution in [2.75, 3.05) is 39.4 Å². The molecular weight excluding hydrogens is 343 g/mol. The highest BCUT2D eigenvalue weighted by Gasteiger charge is 2.19. The van der Waals surface area contributed by atoms with Crippen molar-refractivity contribution in [2.24, 2.45) is 11.7 Å². The van der Waals surface area contributed by atoms with Gasteiger partial charge in [0.25, 0.3) is 0 Å². The summed E-state index contributed by atoms with van der Waals surface area (Å²) in [5.41, 5.74) is 5.70. The number of carbonyl (C=O) groups is 2. The van der Waals surface area contributed by atoms with Crippen molar-refractivity contribution >= 4 is 36.6 Å². The van der Waals surface area contributed by atoms with E-state index in [0.29, 0.717) is 6.54 Å². The summed E-state index contributed by atoms with van der Waals surface area (Å²) in [6, 6.07) is -0.323. The fourth-order valence-corrected chi connectivity index (χ4v) is 2.06. The second-order valence-electron chi connectivity index (χ2n) is 5.79. The van der Waals surface area contributed by atoms with Crippen molar-refractivity contribution in [1.29, 1.82) is 0 Å². The van der Waals surface area contributed by atoms with Gasteiger partial charge in [0.2, 0.25) is 11.8 Å². The number of amides is 2. The predicted octanol–water partition coefficient (Wildman–Crippen LogP) is -0.234. The molecule has 1 heterocycles. The number of nitrogens with two attached hydrogens (primary N) is 1. The summed E-state index contributed by atoms with van der Waals surface area (Å²) in [7, 11) is 0. The molecular formula is C14H30Cl2N4O3. The van der Waals surface area contributed by atoms with E-state index < -0.39 is 6.04 Å². The number of hydrogen-bond donors (Lipinski definition) is 3. The third-order valence-electron chi connectivity index (χ3n) is 3.71. The lowest BCUT2D eigenvalue weighted by Crippen LogP contribution is -2.50. The summed E-state index contributed by atoms with van der Waals surface area (Å²) in [5, 5.41) is 5.38. The molecule has 1 aliphatic rings. The molecule has 138 valence electrons. The topological polar surface area (TPSA) is 96.7 Å². The number of halogens is 2. The molecule has 4 N–H and O–H groups in total. The number of carbonyl (C=O) groups excluding carboxylic acids is 2. The molecule has 0 aromatic carbocycles. The highest BCUT2D eigenvalue weighted by Crippen LogP contribution is 2.02. The highest BCUT2D eigenvalue weighted by atomic mass is 35.5. The van der Waals surface area contributed by atoms with Gasteiger partial charge in [0.1, 0.15) is 0 Å². The van der Waals surface area contributed by atoms with Crippen LogP contribution in [0, 0.1) is 5.92 Å². The van der Waals surface area contributed by atoms with Crippen LogP contribution in [-0.4, -0.2) is 68.2 Å². The first kappa shape index (κ1) is 24.6. The molecule has 7 nitrogen and oxygen atoms in total. The first-order valence-electron chi connectivity index (χ1n) is 7.53. The average Bonchev–Trinajstić information content (AvgIpc) is 2.50. The van der Waals surface area contributed by atoms with E-state index in [1.807, 2.05) is 13.8 Å². The maximum Gasteiger partial charge on any atom is 0.239 e. The Balaban J connectivity index is 0. The van der Waals surface area contributed by atoms with E-state index >= 15 is 0 Å². The first-order chi connectivity index (χ1) is 9.91. The molecule has 1 saturated heterocycles.